The average Bonchev–Trinajstić information content (AvgIpc) is 3.02. The number of nitrogens with one attached hydrogen (secondary N) is 1. The molecule has 2 aromatic rings. The maximum Gasteiger partial charge on any atom is 0.293 e. The molecule has 1 aromatic heterocycles. The molecule has 106 valence electrons. The van der Waals surface area contributed by atoms with Gasteiger partial charge in [0.15, 0.2) is 0 Å². The number of hydrogen-bond donors (Lipinski definition) is 1. The van der Waals surface area contributed by atoms with E-state index in [-0.39, 0.29) is 10.6 Å². The first kappa shape index (κ1) is 13.6. The number of hydrogen-bond acceptors (Lipinski definition) is 6. The Hall–Kier alpha value is -1.34. The van der Waals surface area contributed by atoms with Gasteiger partial charge in [-0.15, -0.1) is 11.3 Å². The molecule has 0 amide bonds. The Morgan fingerprint density at radius 3 is 3.10 bits per heavy atom. The Bertz CT molecular complexity index is 650. The van der Waals surface area contributed by atoms with Gasteiger partial charge >= 0.3 is 0 Å². The molecule has 1 N–H and O–H groups in total. The fourth-order valence-electron chi connectivity index (χ4n) is 2.40. The number of benzene rings is 1. The first-order chi connectivity index (χ1) is 9.63. The summed E-state index contributed by atoms with van der Waals surface area (Å²) in [5, 5.41) is 15.9. The highest BCUT2D eigenvalue weighted by atomic mass is 32.2. The summed E-state index contributed by atoms with van der Waals surface area (Å²) in [5.41, 5.74) is 1.56. The lowest BCUT2D eigenvalue weighted by atomic mass is 10.2. The van der Waals surface area contributed by atoms with Crippen molar-refractivity contribution in [3.8, 4) is 0 Å². The van der Waals surface area contributed by atoms with E-state index in [1.807, 2.05) is 18.7 Å². The van der Waals surface area contributed by atoms with Gasteiger partial charge in [-0.1, -0.05) is 0 Å². The number of fused-ring (bicyclic) bond motifs is 1. The van der Waals surface area contributed by atoms with Crippen molar-refractivity contribution in [1.29, 1.82) is 0 Å². The summed E-state index contributed by atoms with van der Waals surface area (Å²) in [4.78, 5) is 15.3. The minimum absolute atomic E-state index is 0.143. The van der Waals surface area contributed by atoms with Gasteiger partial charge in [-0.05, 0) is 31.6 Å². The minimum atomic E-state index is -0.321. The van der Waals surface area contributed by atoms with Gasteiger partial charge in [0.1, 0.15) is 5.69 Å². The van der Waals surface area contributed by atoms with Crippen LogP contribution < -0.4 is 5.32 Å². The van der Waals surface area contributed by atoms with Gasteiger partial charge in [-0.2, -0.15) is 11.8 Å². The molecule has 0 bridgehead atoms. The highest BCUT2D eigenvalue weighted by Gasteiger charge is 2.20. The Morgan fingerprint density at radius 2 is 2.40 bits per heavy atom. The fourth-order valence-corrected chi connectivity index (χ4v) is 4.44. The molecule has 0 radical (unpaired) electrons. The summed E-state index contributed by atoms with van der Waals surface area (Å²) in [7, 11) is 0. The zero-order chi connectivity index (χ0) is 14.1. The highest BCUT2D eigenvalue weighted by molar-refractivity contribution is 8.00. The first-order valence-corrected chi connectivity index (χ1v) is 8.41. The van der Waals surface area contributed by atoms with Gasteiger partial charge in [0.05, 0.1) is 20.1 Å². The molecule has 3 rings (SSSR count). The van der Waals surface area contributed by atoms with Crippen molar-refractivity contribution >= 4 is 44.7 Å². The second-order valence-electron chi connectivity index (χ2n) is 4.84. The number of rotatable bonds is 4. The fraction of sp³-hybridized carbons (Fsp3) is 0.462. The summed E-state index contributed by atoms with van der Waals surface area (Å²) in [6, 6.07) is 3.43. The summed E-state index contributed by atoms with van der Waals surface area (Å²) < 4.78 is 0.870. The smallest absolute Gasteiger partial charge is 0.293 e. The summed E-state index contributed by atoms with van der Waals surface area (Å²) >= 11 is 3.43. The summed E-state index contributed by atoms with van der Waals surface area (Å²) in [6.45, 7) is 2.69. The summed E-state index contributed by atoms with van der Waals surface area (Å²) in [6.07, 6.45) is 2.42. The number of aromatic nitrogens is 1. The normalized spacial score (nSPS) is 18.6. The molecule has 1 saturated heterocycles. The first-order valence-electron chi connectivity index (χ1n) is 6.54. The molecule has 20 heavy (non-hydrogen) atoms. The van der Waals surface area contributed by atoms with E-state index in [1.54, 1.807) is 12.1 Å². The Labute approximate surface area is 124 Å². The molecular formula is C13H15N3O2S2. The molecule has 7 heteroatoms. The van der Waals surface area contributed by atoms with Crippen LogP contribution in [0.1, 0.15) is 17.8 Å². The number of anilines is 1. The molecule has 1 fully saturated rings. The van der Waals surface area contributed by atoms with Crippen LogP contribution in [-0.4, -0.2) is 27.5 Å². The molecule has 2 heterocycles. The van der Waals surface area contributed by atoms with Gasteiger partial charge < -0.3 is 5.32 Å². The molecule has 0 spiro atoms. The summed E-state index contributed by atoms with van der Waals surface area (Å²) in [5.74, 6) is 1.19. The van der Waals surface area contributed by atoms with Crippen LogP contribution in [0.15, 0.2) is 12.1 Å². The van der Waals surface area contributed by atoms with Gasteiger partial charge in [0.2, 0.25) is 0 Å². The lowest BCUT2D eigenvalue weighted by Gasteiger charge is -2.11. The van der Waals surface area contributed by atoms with Crippen molar-refractivity contribution in [2.45, 2.75) is 25.0 Å². The highest BCUT2D eigenvalue weighted by Crippen LogP contribution is 2.34. The van der Waals surface area contributed by atoms with Gasteiger partial charge in [-0.3, -0.25) is 10.1 Å². The zero-order valence-corrected chi connectivity index (χ0v) is 12.7. The van der Waals surface area contributed by atoms with Crippen molar-refractivity contribution in [2.24, 2.45) is 0 Å². The van der Waals surface area contributed by atoms with E-state index in [4.69, 9.17) is 0 Å². The number of thioether (sulfide) groups is 1. The van der Waals surface area contributed by atoms with Gasteiger partial charge in [0.25, 0.3) is 5.69 Å². The molecule has 1 aromatic carbocycles. The monoisotopic (exact) mass is 309 g/mol. The standard InChI is InChI=1S/C13H15N3O2S2/c1-8-15-11-5-10(14-7-9-3-2-4-19-9)12(16(17)18)6-13(11)20-8/h5-6,9,14H,2-4,7H2,1H3. The molecule has 5 nitrogen and oxygen atoms in total. The third-order valence-electron chi connectivity index (χ3n) is 3.35. The minimum Gasteiger partial charge on any atom is -0.378 e. The quantitative estimate of drug-likeness (QED) is 0.687. The van der Waals surface area contributed by atoms with Crippen molar-refractivity contribution in [1.82, 2.24) is 4.98 Å². The molecule has 1 aliphatic rings. The number of nitrogens with zero attached hydrogens (tertiary/aromatic N) is 2. The topological polar surface area (TPSA) is 68.1 Å². The van der Waals surface area contributed by atoms with Crippen molar-refractivity contribution in [2.75, 3.05) is 17.6 Å². The third kappa shape index (κ3) is 2.73. The SMILES string of the molecule is Cc1nc2cc(NCC3CCCS3)c([N+](=O)[O-])cc2s1. The number of nitro benzene ring substituents is 1. The Kier molecular flexibility index (Phi) is 3.80. The van der Waals surface area contributed by atoms with Crippen LogP contribution in [0.4, 0.5) is 11.4 Å². The van der Waals surface area contributed by atoms with Crippen molar-refractivity contribution in [3.63, 3.8) is 0 Å². The van der Waals surface area contributed by atoms with Gasteiger partial charge in [0, 0.05) is 17.9 Å². The van der Waals surface area contributed by atoms with Crippen molar-refractivity contribution < 1.29 is 4.92 Å². The van der Waals surface area contributed by atoms with E-state index in [2.05, 4.69) is 10.3 Å². The molecule has 0 saturated carbocycles. The second-order valence-corrected chi connectivity index (χ2v) is 7.49. The van der Waals surface area contributed by atoms with Crippen LogP contribution in [0.25, 0.3) is 10.2 Å². The van der Waals surface area contributed by atoms with Crippen LogP contribution in [0, 0.1) is 17.0 Å². The molecule has 1 unspecified atom stereocenters. The molecule has 1 aliphatic heterocycles. The Morgan fingerprint density at radius 1 is 1.55 bits per heavy atom. The number of aryl methyl sites for hydroxylation is 1. The van der Waals surface area contributed by atoms with Crippen LogP contribution >= 0.6 is 23.1 Å². The largest absolute Gasteiger partial charge is 0.378 e. The number of thiazole rings is 1. The van der Waals surface area contributed by atoms with Crippen LogP contribution in [0.5, 0.6) is 0 Å². The number of nitro groups is 1. The molecular weight excluding hydrogens is 294 g/mol. The van der Waals surface area contributed by atoms with E-state index < -0.39 is 0 Å². The van der Waals surface area contributed by atoms with E-state index in [1.165, 1.54) is 29.9 Å². The van der Waals surface area contributed by atoms with E-state index >= 15 is 0 Å². The third-order valence-corrected chi connectivity index (χ3v) is 5.69. The Balaban J connectivity index is 1.89. The maximum atomic E-state index is 11.2. The predicted octanol–water partition coefficient (Wildman–Crippen LogP) is 3.82. The molecule has 0 aliphatic carbocycles. The van der Waals surface area contributed by atoms with Crippen molar-refractivity contribution in [3.05, 3.63) is 27.3 Å². The van der Waals surface area contributed by atoms with Crippen LogP contribution in [0.2, 0.25) is 0 Å². The average molecular weight is 309 g/mol. The lowest BCUT2D eigenvalue weighted by molar-refractivity contribution is -0.383. The second kappa shape index (κ2) is 5.57. The van der Waals surface area contributed by atoms with Gasteiger partial charge in [-0.25, -0.2) is 4.98 Å². The lowest BCUT2D eigenvalue weighted by Crippen LogP contribution is -2.14. The van der Waals surface area contributed by atoms with Crippen LogP contribution in [0.3, 0.4) is 0 Å². The zero-order valence-electron chi connectivity index (χ0n) is 11.1. The predicted molar refractivity (Wildman–Crippen MR) is 85.0 cm³/mol. The van der Waals surface area contributed by atoms with E-state index in [9.17, 15) is 10.1 Å². The maximum absolute atomic E-state index is 11.2. The van der Waals surface area contributed by atoms with Crippen LogP contribution in [-0.2, 0) is 0 Å². The molecule has 1 atom stereocenters. The van der Waals surface area contributed by atoms with E-state index in [0.29, 0.717) is 10.9 Å². The van der Waals surface area contributed by atoms with E-state index in [0.717, 1.165) is 21.8 Å².